The van der Waals surface area contributed by atoms with Gasteiger partial charge in [-0.1, -0.05) is 19.9 Å². The molecule has 1 fully saturated rings. The highest BCUT2D eigenvalue weighted by Gasteiger charge is 2.45. The molecule has 0 aliphatic carbocycles. The lowest BCUT2D eigenvalue weighted by Crippen LogP contribution is -2.30. The molecule has 4 rings (SSSR count). The van der Waals surface area contributed by atoms with Crippen molar-refractivity contribution < 1.29 is 8.42 Å². The SMILES string of the molecule is Cn1cc(C2CN(S(=O)(=O)c3cccc4nn(C)nc34)CC2(C)C)cn1. The molecule has 0 bridgehead atoms. The average Bonchev–Trinajstić information content (AvgIpc) is 3.22. The van der Waals surface area contributed by atoms with Crippen LogP contribution in [0.15, 0.2) is 35.5 Å². The molecule has 2 aromatic heterocycles. The van der Waals surface area contributed by atoms with E-state index >= 15 is 0 Å². The number of aryl methyl sites for hydroxylation is 2. The van der Waals surface area contributed by atoms with Gasteiger partial charge in [-0.2, -0.15) is 24.4 Å². The lowest BCUT2D eigenvalue weighted by atomic mass is 9.79. The van der Waals surface area contributed by atoms with Gasteiger partial charge in [0.1, 0.15) is 15.9 Å². The summed E-state index contributed by atoms with van der Waals surface area (Å²) in [5.41, 5.74) is 1.87. The van der Waals surface area contributed by atoms with Crippen LogP contribution in [0.5, 0.6) is 0 Å². The predicted octanol–water partition coefficient (Wildman–Crippen LogP) is 1.52. The van der Waals surface area contributed by atoms with Gasteiger partial charge in [-0.3, -0.25) is 4.68 Å². The molecule has 3 heterocycles. The van der Waals surface area contributed by atoms with Crippen molar-refractivity contribution in [3.8, 4) is 0 Å². The van der Waals surface area contributed by atoms with Gasteiger partial charge in [0.15, 0.2) is 0 Å². The Kier molecular flexibility index (Phi) is 3.71. The Morgan fingerprint density at radius 1 is 1.19 bits per heavy atom. The molecule has 1 saturated heterocycles. The minimum atomic E-state index is -3.67. The van der Waals surface area contributed by atoms with Crippen molar-refractivity contribution in [1.82, 2.24) is 29.1 Å². The number of nitrogens with zero attached hydrogens (tertiary/aromatic N) is 6. The molecule has 3 aromatic rings. The second kappa shape index (κ2) is 5.62. The highest BCUT2D eigenvalue weighted by molar-refractivity contribution is 7.89. The summed E-state index contributed by atoms with van der Waals surface area (Å²) in [4.78, 5) is 1.61. The molecule has 1 aromatic carbocycles. The minimum Gasteiger partial charge on any atom is -0.276 e. The maximum atomic E-state index is 13.4. The molecular formula is C17H22N6O2S. The number of fused-ring (bicyclic) bond motifs is 1. The molecule has 0 saturated carbocycles. The maximum Gasteiger partial charge on any atom is 0.245 e. The molecule has 1 unspecified atom stereocenters. The van der Waals surface area contributed by atoms with Crippen LogP contribution in [0.4, 0.5) is 0 Å². The maximum absolute atomic E-state index is 13.4. The Labute approximate surface area is 152 Å². The topological polar surface area (TPSA) is 85.9 Å². The summed E-state index contributed by atoms with van der Waals surface area (Å²) in [6.45, 7) is 5.08. The van der Waals surface area contributed by atoms with Gasteiger partial charge in [0, 0.05) is 39.3 Å². The molecule has 8 nitrogen and oxygen atoms in total. The molecule has 1 aliphatic rings. The smallest absolute Gasteiger partial charge is 0.245 e. The van der Waals surface area contributed by atoms with Crippen LogP contribution in [-0.4, -0.2) is 50.6 Å². The van der Waals surface area contributed by atoms with E-state index in [-0.39, 0.29) is 16.2 Å². The summed E-state index contributed by atoms with van der Waals surface area (Å²) >= 11 is 0. The molecule has 1 aliphatic heterocycles. The van der Waals surface area contributed by atoms with Gasteiger partial charge >= 0.3 is 0 Å². The predicted molar refractivity (Wildman–Crippen MR) is 97.0 cm³/mol. The third kappa shape index (κ3) is 2.62. The van der Waals surface area contributed by atoms with Crippen molar-refractivity contribution in [1.29, 1.82) is 0 Å². The number of aromatic nitrogens is 5. The zero-order valence-electron chi connectivity index (χ0n) is 15.3. The molecule has 0 radical (unpaired) electrons. The highest BCUT2D eigenvalue weighted by Crippen LogP contribution is 2.44. The van der Waals surface area contributed by atoms with E-state index in [1.165, 1.54) is 4.80 Å². The fourth-order valence-corrected chi connectivity index (χ4v) is 5.57. The van der Waals surface area contributed by atoms with Crippen molar-refractivity contribution in [3.05, 3.63) is 36.2 Å². The Hall–Kier alpha value is -2.26. The fraction of sp³-hybridized carbons (Fsp3) is 0.471. The Morgan fingerprint density at radius 3 is 2.65 bits per heavy atom. The van der Waals surface area contributed by atoms with Gasteiger partial charge < -0.3 is 0 Å². The van der Waals surface area contributed by atoms with E-state index in [2.05, 4.69) is 29.1 Å². The minimum absolute atomic E-state index is 0.0898. The molecule has 0 amide bonds. The third-order valence-corrected chi connectivity index (χ3v) is 6.98. The van der Waals surface area contributed by atoms with Crippen LogP contribution in [0.3, 0.4) is 0 Å². The number of hydrogen-bond donors (Lipinski definition) is 0. The van der Waals surface area contributed by atoms with E-state index in [1.807, 2.05) is 19.4 Å². The van der Waals surface area contributed by atoms with Crippen molar-refractivity contribution in [2.45, 2.75) is 24.7 Å². The molecular weight excluding hydrogens is 352 g/mol. The van der Waals surface area contributed by atoms with E-state index in [4.69, 9.17) is 0 Å². The molecule has 0 spiro atoms. The van der Waals surface area contributed by atoms with Crippen molar-refractivity contribution in [2.75, 3.05) is 13.1 Å². The van der Waals surface area contributed by atoms with Gasteiger partial charge in [-0.15, -0.1) is 0 Å². The van der Waals surface area contributed by atoms with E-state index < -0.39 is 10.0 Å². The van der Waals surface area contributed by atoms with Crippen LogP contribution >= 0.6 is 0 Å². The van der Waals surface area contributed by atoms with E-state index in [0.717, 1.165) is 5.56 Å². The summed E-state index contributed by atoms with van der Waals surface area (Å²) in [6.07, 6.45) is 3.79. The average molecular weight is 374 g/mol. The van der Waals surface area contributed by atoms with Crippen LogP contribution in [0.2, 0.25) is 0 Å². The first-order valence-corrected chi connectivity index (χ1v) is 9.91. The third-order valence-electron chi connectivity index (χ3n) is 5.13. The number of sulfonamides is 1. The van der Waals surface area contributed by atoms with Crippen molar-refractivity contribution >= 4 is 21.1 Å². The van der Waals surface area contributed by atoms with Crippen LogP contribution in [-0.2, 0) is 24.1 Å². The highest BCUT2D eigenvalue weighted by atomic mass is 32.2. The summed E-state index contributed by atoms with van der Waals surface area (Å²) in [6, 6.07) is 5.09. The lowest BCUT2D eigenvalue weighted by Gasteiger charge is -2.24. The summed E-state index contributed by atoms with van der Waals surface area (Å²) < 4.78 is 30.0. The Balaban J connectivity index is 1.75. The van der Waals surface area contributed by atoms with Crippen LogP contribution in [0, 0.1) is 5.41 Å². The first-order valence-electron chi connectivity index (χ1n) is 8.47. The largest absolute Gasteiger partial charge is 0.276 e. The van der Waals surface area contributed by atoms with Gasteiger partial charge in [0.25, 0.3) is 0 Å². The fourth-order valence-electron chi connectivity index (χ4n) is 3.80. The second-order valence-corrected chi connectivity index (χ2v) is 9.51. The first kappa shape index (κ1) is 17.2. The normalized spacial score (nSPS) is 20.8. The van der Waals surface area contributed by atoms with Gasteiger partial charge in [-0.05, 0) is 23.1 Å². The zero-order valence-corrected chi connectivity index (χ0v) is 16.1. The summed E-state index contributed by atoms with van der Waals surface area (Å²) in [5, 5.41) is 12.7. The van der Waals surface area contributed by atoms with Crippen molar-refractivity contribution in [3.63, 3.8) is 0 Å². The molecule has 9 heteroatoms. The molecule has 0 N–H and O–H groups in total. The summed E-state index contributed by atoms with van der Waals surface area (Å²) in [7, 11) is -0.109. The number of hydrogen-bond acceptors (Lipinski definition) is 5. The number of benzene rings is 1. The number of rotatable bonds is 3. The van der Waals surface area contributed by atoms with Crippen molar-refractivity contribution in [2.24, 2.45) is 19.5 Å². The monoisotopic (exact) mass is 374 g/mol. The van der Waals surface area contributed by atoms with Gasteiger partial charge in [0.2, 0.25) is 10.0 Å². The van der Waals surface area contributed by atoms with E-state index in [9.17, 15) is 8.42 Å². The van der Waals surface area contributed by atoms with Crippen LogP contribution in [0.1, 0.15) is 25.3 Å². The van der Waals surface area contributed by atoms with Gasteiger partial charge in [-0.25, -0.2) is 8.42 Å². The second-order valence-electron chi connectivity index (χ2n) is 7.60. The van der Waals surface area contributed by atoms with Crippen LogP contribution < -0.4 is 0 Å². The molecule has 1 atom stereocenters. The van der Waals surface area contributed by atoms with Crippen LogP contribution in [0.25, 0.3) is 11.0 Å². The Bertz CT molecular complexity index is 1080. The van der Waals surface area contributed by atoms with E-state index in [1.54, 1.807) is 34.2 Å². The first-order chi connectivity index (χ1) is 12.2. The summed E-state index contributed by atoms with van der Waals surface area (Å²) in [5.74, 6) is 0.0898. The van der Waals surface area contributed by atoms with Gasteiger partial charge in [0.05, 0.1) is 6.20 Å². The quantitative estimate of drug-likeness (QED) is 0.694. The molecule has 138 valence electrons. The standard InChI is InChI=1S/C17H22N6O2S/c1-17(2)11-23(10-13(17)12-8-18-21(3)9-12)26(24,25)15-7-5-6-14-16(15)20-22(4)19-14/h5-9,13H,10-11H2,1-4H3. The lowest BCUT2D eigenvalue weighted by molar-refractivity contribution is 0.347. The zero-order chi connectivity index (χ0) is 18.7. The molecule has 26 heavy (non-hydrogen) atoms. The van der Waals surface area contributed by atoms with E-state index in [0.29, 0.717) is 24.1 Å². The Morgan fingerprint density at radius 2 is 1.96 bits per heavy atom.